The lowest BCUT2D eigenvalue weighted by atomic mass is 10.0. The summed E-state index contributed by atoms with van der Waals surface area (Å²) in [5.41, 5.74) is 2.70. The lowest BCUT2D eigenvalue weighted by Crippen LogP contribution is -2.22. The van der Waals surface area contributed by atoms with Gasteiger partial charge in [-0.05, 0) is 24.0 Å². The van der Waals surface area contributed by atoms with E-state index in [0.717, 1.165) is 31.1 Å². The molecule has 0 aliphatic carbocycles. The summed E-state index contributed by atoms with van der Waals surface area (Å²) >= 11 is 1.25. The molecule has 3 rings (SSSR count). The highest BCUT2D eigenvalue weighted by Gasteiger charge is 2.18. The van der Waals surface area contributed by atoms with Gasteiger partial charge >= 0.3 is 5.97 Å². The fraction of sp³-hybridized carbons (Fsp3) is 0.286. The van der Waals surface area contributed by atoms with Gasteiger partial charge in [-0.15, -0.1) is 0 Å². The SMILES string of the molecule is O=C(O)c1cnc(N2CCCc3ccccc3C2)s1. The molecule has 1 aromatic carbocycles. The van der Waals surface area contributed by atoms with E-state index in [-0.39, 0.29) is 0 Å². The zero-order chi connectivity index (χ0) is 13.2. The first-order chi connectivity index (χ1) is 9.24. The van der Waals surface area contributed by atoms with E-state index < -0.39 is 5.97 Å². The van der Waals surface area contributed by atoms with E-state index in [1.54, 1.807) is 0 Å². The molecule has 98 valence electrons. The minimum atomic E-state index is -0.904. The number of aromatic carboxylic acids is 1. The Bertz CT molecular complexity index is 609. The van der Waals surface area contributed by atoms with Crippen LogP contribution in [-0.4, -0.2) is 22.6 Å². The van der Waals surface area contributed by atoms with Gasteiger partial charge in [-0.1, -0.05) is 35.6 Å². The van der Waals surface area contributed by atoms with Gasteiger partial charge in [-0.2, -0.15) is 0 Å². The number of nitrogens with zero attached hydrogens (tertiary/aromatic N) is 2. The molecule has 19 heavy (non-hydrogen) atoms. The van der Waals surface area contributed by atoms with Gasteiger partial charge in [0.2, 0.25) is 0 Å². The standard InChI is InChI=1S/C14H14N2O2S/c17-13(18)12-8-15-14(19-12)16-7-3-6-10-4-1-2-5-11(10)9-16/h1-2,4-5,8H,3,6-7,9H2,(H,17,18). The Balaban J connectivity index is 1.87. The molecule has 0 amide bonds. The van der Waals surface area contributed by atoms with E-state index in [1.165, 1.54) is 28.7 Å². The zero-order valence-electron chi connectivity index (χ0n) is 10.4. The Kier molecular flexibility index (Phi) is 3.21. The van der Waals surface area contributed by atoms with Gasteiger partial charge in [0.05, 0.1) is 6.20 Å². The number of carboxylic acids is 1. The molecule has 0 spiro atoms. The largest absolute Gasteiger partial charge is 0.477 e. The highest BCUT2D eigenvalue weighted by Crippen LogP contribution is 2.27. The normalized spacial score (nSPS) is 14.8. The van der Waals surface area contributed by atoms with Crippen molar-refractivity contribution in [2.75, 3.05) is 11.4 Å². The van der Waals surface area contributed by atoms with Crippen LogP contribution in [0.3, 0.4) is 0 Å². The van der Waals surface area contributed by atoms with Crippen LogP contribution >= 0.6 is 11.3 Å². The van der Waals surface area contributed by atoms with E-state index in [2.05, 4.69) is 28.1 Å². The molecule has 0 fully saturated rings. The van der Waals surface area contributed by atoms with Gasteiger partial charge in [0.1, 0.15) is 4.88 Å². The number of aromatic nitrogens is 1. The van der Waals surface area contributed by atoms with E-state index in [4.69, 9.17) is 5.11 Å². The van der Waals surface area contributed by atoms with Crippen LogP contribution in [0.15, 0.2) is 30.5 Å². The zero-order valence-corrected chi connectivity index (χ0v) is 11.2. The summed E-state index contributed by atoms with van der Waals surface area (Å²) in [5.74, 6) is -0.904. The maximum Gasteiger partial charge on any atom is 0.347 e. The summed E-state index contributed by atoms with van der Waals surface area (Å²) in [7, 11) is 0. The molecule has 0 saturated heterocycles. The third kappa shape index (κ3) is 2.46. The number of aryl methyl sites for hydroxylation is 1. The number of rotatable bonds is 2. The second-order valence-electron chi connectivity index (χ2n) is 4.61. The summed E-state index contributed by atoms with van der Waals surface area (Å²) < 4.78 is 0. The second kappa shape index (κ2) is 5.01. The number of thiazole rings is 1. The topological polar surface area (TPSA) is 53.4 Å². The number of fused-ring (bicyclic) bond motifs is 1. The van der Waals surface area contributed by atoms with Gasteiger partial charge in [0.25, 0.3) is 0 Å². The number of benzene rings is 1. The molecule has 2 heterocycles. The highest BCUT2D eigenvalue weighted by molar-refractivity contribution is 7.17. The van der Waals surface area contributed by atoms with Gasteiger partial charge in [0, 0.05) is 13.1 Å². The van der Waals surface area contributed by atoms with Crippen molar-refractivity contribution in [1.82, 2.24) is 4.98 Å². The Morgan fingerprint density at radius 2 is 2.11 bits per heavy atom. The number of carbonyl (C=O) groups is 1. The Labute approximate surface area is 115 Å². The average molecular weight is 274 g/mol. The van der Waals surface area contributed by atoms with Crippen molar-refractivity contribution in [3.8, 4) is 0 Å². The highest BCUT2D eigenvalue weighted by atomic mass is 32.1. The van der Waals surface area contributed by atoms with Gasteiger partial charge < -0.3 is 10.0 Å². The van der Waals surface area contributed by atoms with Crippen molar-refractivity contribution in [2.45, 2.75) is 19.4 Å². The molecule has 0 saturated carbocycles. The first-order valence-corrected chi connectivity index (χ1v) is 7.06. The molecule has 0 atom stereocenters. The number of anilines is 1. The molecule has 0 radical (unpaired) electrons. The van der Waals surface area contributed by atoms with Crippen molar-refractivity contribution >= 4 is 22.4 Å². The van der Waals surface area contributed by atoms with Crippen molar-refractivity contribution in [3.05, 3.63) is 46.5 Å². The Morgan fingerprint density at radius 3 is 2.84 bits per heavy atom. The molecular formula is C14H14N2O2S. The van der Waals surface area contributed by atoms with Crippen LogP contribution in [0.5, 0.6) is 0 Å². The van der Waals surface area contributed by atoms with E-state index in [1.807, 2.05) is 6.07 Å². The Morgan fingerprint density at radius 1 is 1.32 bits per heavy atom. The molecule has 0 unspecified atom stereocenters. The predicted molar refractivity (Wildman–Crippen MR) is 74.9 cm³/mol. The minimum Gasteiger partial charge on any atom is -0.477 e. The molecule has 2 aromatic rings. The van der Waals surface area contributed by atoms with Crippen molar-refractivity contribution in [2.24, 2.45) is 0 Å². The molecule has 1 aliphatic rings. The summed E-state index contributed by atoms with van der Waals surface area (Å²) in [4.78, 5) is 17.6. The predicted octanol–water partition coefficient (Wildman–Crippen LogP) is 2.79. The summed E-state index contributed by atoms with van der Waals surface area (Å²) in [5, 5.41) is 9.76. The third-order valence-corrected chi connectivity index (χ3v) is 4.37. The van der Waals surface area contributed by atoms with Crippen LogP contribution in [0, 0.1) is 0 Å². The van der Waals surface area contributed by atoms with Gasteiger partial charge in [-0.3, -0.25) is 0 Å². The molecule has 1 aromatic heterocycles. The molecule has 5 heteroatoms. The van der Waals surface area contributed by atoms with Crippen molar-refractivity contribution < 1.29 is 9.90 Å². The van der Waals surface area contributed by atoms with E-state index in [0.29, 0.717) is 4.88 Å². The van der Waals surface area contributed by atoms with Crippen molar-refractivity contribution in [1.29, 1.82) is 0 Å². The van der Waals surface area contributed by atoms with Crippen LogP contribution in [0.2, 0.25) is 0 Å². The summed E-state index contributed by atoms with van der Waals surface area (Å²) in [6, 6.07) is 8.43. The van der Waals surface area contributed by atoms with Crippen LogP contribution in [-0.2, 0) is 13.0 Å². The maximum absolute atomic E-state index is 10.9. The second-order valence-corrected chi connectivity index (χ2v) is 5.62. The smallest absolute Gasteiger partial charge is 0.347 e. The maximum atomic E-state index is 10.9. The molecule has 1 aliphatic heterocycles. The van der Waals surface area contributed by atoms with Crippen LogP contribution in [0.4, 0.5) is 5.13 Å². The Hall–Kier alpha value is -1.88. The fourth-order valence-electron chi connectivity index (χ4n) is 2.37. The summed E-state index contributed by atoms with van der Waals surface area (Å²) in [6.07, 6.45) is 3.59. The lowest BCUT2D eigenvalue weighted by Gasteiger charge is -2.19. The fourth-order valence-corrected chi connectivity index (χ4v) is 3.15. The first-order valence-electron chi connectivity index (χ1n) is 6.25. The van der Waals surface area contributed by atoms with Crippen LogP contribution in [0.1, 0.15) is 27.2 Å². The molecule has 1 N–H and O–H groups in total. The number of hydrogen-bond donors (Lipinski definition) is 1. The first kappa shape index (κ1) is 12.2. The van der Waals surface area contributed by atoms with Crippen LogP contribution < -0.4 is 4.90 Å². The quantitative estimate of drug-likeness (QED) is 0.915. The molecule has 4 nitrogen and oxygen atoms in total. The summed E-state index contributed by atoms with van der Waals surface area (Å²) in [6.45, 7) is 1.73. The third-order valence-electron chi connectivity index (χ3n) is 3.33. The molecule has 0 bridgehead atoms. The molecular weight excluding hydrogens is 260 g/mol. The average Bonchev–Trinajstić information content (AvgIpc) is 2.80. The van der Waals surface area contributed by atoms with Gasteiger partial charge in [0.15, 0.2) is 5.13 Å². The lowest BCUT2D eigenvalue weighted by molar-refractivity contribution is 0.0702. The van der Waals surface area contributed by atoms with Crippen molar-refractivity contribution in [3.63, 3.8) is 0 Å². The number of hydrogen-bond acceptors (Lipinski definition) is 4. The number of carboxylic acid groups (broad SMARTS) is 1. The van der Waals surface area contributed by atoms with Crippen LogP contribution in [0.25, 0.3) is 0 Å². The van der Waals surface area contributed by atoms with E-state index >= 15 is 0 Å². The van der Waals surface area contributed by atoms with Gasteiger partial charge in [-0.25, -0.2) is 9.78 Å². The minimum absolute atomic E-state index is 0.299. The monoisotopic (exact) mass is 274 g/mol. The van der Waals surface area contributed by atoms with E-state index in [9.17, 15) is 4.79 Å².